The van der Waals surface area contributed by atoms with Gasteiger partial charge in [-0.1, -0.05) is 42.1 Å². The lowest BCUT2D eigenvalue weighted by atomic mass is 10.2. The van der Waals surface area contributed by atoms with Gasteiger partial charge in [-0.15, -0.1) is 0 Å². The first-order valence-electron chi connectivity index (χ1n) is 8.53. The van der Waals surface area contributed by atoms with Gasteiger partial charge in [-0.25, -0.2) is 0 Å². The number of amidine groups is 1. The van der Waals surface area contributed by atoms with E-state index in [1.54, 1.807) is 7.11 Å². The van der Waals surface area contributed by atoms with Crippen LogP contribution in [-0.2, 0) is 16.1 Å². The van der Waals surface area contributed by atoms with E-state index < -0.39 is 5.25 Å². The average Bonchev–Trinajstić information content (AvgIpc) is 2.94. The number of imide groups is 1. The van der Waals surface area contributed by atoms with E-state index in [1.807, 2.05) is 54.6 Å². The molecule has 7 heteroatoms. The molecule has 1 heterocycles. The van der Waals surface area contributed by atoms with Crippen molar-refractivity contribution < 1.29 is 14.3 Å². The maximum atomic E-state index is 12.2. The molecule has 6 nitrogen and oxygen atoms in total. The number of methoxy groups -OCH3 is 1. The van der Waals surface area contributed by atoms with Crippen molar-refractivity contribution in [1.29, 1.82) is 0 Å². The Bertz CT molecular complexity index is 837. The van der Waals surface area contributed by atoms with E-state index in [0.717, 1.165) is 17.0 Å². The van der Waals surface area contributed by atoms with E-state index in [0.29, 0.717) is 11.7 Å². The minimum absolute atomic E-state index is 0.160. The van der Waals surface area contributed by atoms with Crippen LogP contribution in [0.15, 0.2) is 59.6 Å². The molecule has 27 heavy (non-hydrogen) atoms. The third kappa shape index (κ3) is 4.89. The molecular formula is C20H21N3O3S. The number of amides is 2. The summed E-state index contributed by atoms with van der Waals surface area (Å²) in [5.41, 5.74) is 1.90. The summed E-state index contributed by atoms with van der Waals surface area (Å²) in [7, 11) is 3.15. The zero-order valence-corrected chi connectivity index (χ0v) is 16.0. The molecule has 1 atom stereocenters. The number of thioether (sulfide) groups is 1. The molecule has 0 unspecified atom stereocenters. The van der Waals surface area contributed by atoms with Crippen LogP contribution < -0.4 is 10.1 Å². The molecule has 3 rings (SSSR count). The van der Waals surface area contributed by atoms with E-state index in [2.05, 4.69) is 10.3 Å². The number of ether oxygens (including phenoxy) is 1. The molecule has 0 bridgehead atoms. The Labute approximate surface area is 162 Å². The number of nitrogens with one attached hydrogen (secondary N) is 1. The highest BCUT2D eigenvalue weighted by Gasteiger charge is 2.37. The number of benzene rings is 2. The summed E-state index contributed by atoms with van der Waals surface area (Å²) < 4.78 is 5.17. The number of rotatable bonds is 5. The van der Waals surface area contributed by atoms with Crippen LogP contribution in [0.4, 0.5) is 5.69 Å². The third-order valence-corrected chi connectivity index (χ3v) is 5.29. The number of carbonyl (C=O) groups is 2. The van der Waals surface area contributed by atoms with Crippen LogP contribution >= 0.6 is 11.8 Å². The van der Waals surface area contributed by atoms with Crippen molar-refractivity contribution in [3.63, 3.8) is 0 Å². The van der Waals surface area contributed by atoms with Gasteiger partial charge in [0.25, 0.3) is 0 Å². The molecular weight excluding hydrogens is 362 g/mol. The van der Waals surface area contributed by atoms with Gasteiger partial charge in [0.05, 0.1) is 13.7 Å². The molecule has 0 aromatic heterocycles. The minimum Gasteiger partial charge on any atom is -0.497 e. The lowest BCUT2D eigenvalue weighted by Crippen LogP contribution is -2.27. The van der Waals surface area contributed by atoms with Crippen LogP contribution in [0.2, 0.25) is 0 Å². The van der Waals surface area contributed by atoms with E-state index in [1.165, 1.54) is 23.7 Å². The second-order valence-electron chi connectivity index (χ2n) is 6.06. The predicted octanol–water partition coefficient (Wildman–Crippen LogP) is 3.15. The van der Waals surface area contributed by atoms with E-state index in [-0.39, 0.29) is 18.2 Å². The van der Waals surface area contributed by atoms with Gasteiger partial charge in [0.1, 0.15) is 11.0 Å². The van der Waals surface area contributed by atoms with Crippen LogP contribution in [0.5, 0.6) is 5.75 Å². The van der Waals surface area contributed by atoms with Crippen molar-refractivity contribution in [3.05, 3.63) is 60.2 Å². The second-order valence-corrected chi connectivity index (χ2v) is 7.25. The quantitative estimate of drug-likeness (QED) is 0.488. The Morgan fingerprint density at radius 1 is 1.19 bits per heavy atom. The first kappa shape index (κ1) is 19.0. The van der Waals surface area contributed by atoms with Crippen LogP contribution in [0, 0.1) is 0 Å². The molecule has 0 saturated carbocycles. The summed E-state index contributed by atoms with van der Waals surface area (Å²) in [5.74, 6) is 0.446. The lowest BCUT2D eigenvalue weighted by molar-refractivity contribution is -0.136. The molecule has 140 valence electrons. The number of hydrogen-bond donors (Lipinski definition) is 1. The maximum Gasteiger partial charge on any atom is 0.243 e. The molecule has 0 aliphatic carbocycles. The molecule has 1 aliphatic heterocycles. The van der Waals surface area contributed by atoms with Gasteiger partial charge in [0.15, 0.2) is 5.17 Å². The summed E-state index contributed by atoms with van der Waals surface area (Å²) in [5, 5.41) is 3.41. The normalized spacial score (nSPS) is 17.3. The molecule has 1 aliphatic rings. The van der Waals surface area contributed by atoms with Crippen LogP contribution in [-0.4, -0.2) is 41.3 Å². The standard InChI is InChI=1S/C20H21N3O3S/c1-23-18(24)12-17(19(23)25)27-20(22-15-6-4-3-5-7-15)21-13-14-8-10-16(26-2)11-9-14/h3-11,17H,12-13H2,1-2H3,(H,21,22)/t17-/m1/s1. The van der Waals surface area contributed by atoms with Crippen LogP contribution in [0.3, 0.4) is 0 Å². The number of carbonyl (C=O) groups excluding carboxylic acids is 2. The third-order valence-electron chi connectivity index (χ3n) is 4.18. The zero-order chi connectivity index (χ0) is 19.2. The van der Waals surface area contributed by atoms with E-state index in [9.17, 15) is 9.59 Å². The average molecular weight is 383 g/mol. The first-order valence-corrected chi connectivity index (χ1v) is 9.41. The van der Waals surface area contributed by atoms with Gasteiger partial charge < -0.3 is 10.1 Å². The molecule has 0 spiro atoms. The van der Waals surface area contributed by atoms with E-state index in [4.69, 9.17) is 4.74 Å². The number of nitrogens with zero attached hydrogens (tertiary/aromatic N) is 2. The Kier molecular flexibility index (Phi) is 6.13. The Morgan fingerprint density at radius 3 is 2.48 bits per heavy atom. The summed E-state index contributed by atoms with van der Waals surface area (Å²) in [6.07, 6.45) is 0.192. The maximum absolute atomic E-state index is 12.2. The monoisotopic (exact) mass is 383 g/mol. The number of aliphatic imine (C=N–C) groups is 1. The molecule has 2 aromatic rings. The number of hydrogen-bond acceptors (Lipinski definition) is 5. The highest BCUT2D eigenvalue weighted by atomic mass is 32.2. The fraction of sp³-hybridized carbons (Fsp3) is 0.250. The van der Waals surface area contributed by atoms with Crippen molar-refractivity contribution in [2.75, 3.05) is 19.5 Å². The molecule has 2 amide bonds. The predicted molar refractivity (Wildman–Crippen MR) is 108 cm³/mol. The largest absolute Gasteiger partial charge is 0.497 e. The summed E-state index contributed by atoms with van der Waals surface area (Å²) in [6.45, 7) is 0.455. The van der Waals surface area contributed by atoms with Gasteiger partial charge in [-0.2, -0.15) is 0 Å². The Morgan fingerprint density at radius 2 is 1.89 bits per heavy atom. The topological polar surface area (TPSA) is 71.0 Å². The van der Waals surface area contributed by atoms with Crippen molar-refractivity contribution in [3.8, 4) is 5.75 Å². The number of para-hydroxylation sites is 1. The zero-order valence-electron chi connectivity index (χ0n) is 15.2. The molecule has 1 N–H and O–H groups in total. The molecule has 2 aromatic carbocycles. The highest BCUT2D eigenvalue weighted by molar-refractivity contribution is 8.15. The molecule has 0 radical (unpaired) electrons. The highest BCUT2D eigenvalue weighted by Crippen LogP contribution is 2.26. The minimum atomic E-state index is -0.451. The smallest absolute Gasteiger partial charge is 0.243 e. The second kappa shape index (κ2) is 8.73. The van der Waals surface area contributed by atoms with Gasteiger partial charge in [0.2, 0.25) is 11.8 Å². The summed E-state index contributed by atoms with van der Waals surface area (Å²) >= 11 is 1.29. The van der Waals surface area contributed by atoms with Gasteiger partial charge in [-0.05, 0) is 29.8 Å². The van der Waals surface area contributed by atoms with Crippen molar-refractivity contribution in [2.45, 2.75) is 18.2 Å². The fourth-order valence-corrected chi connectivity index (χ4v) is 3.66. The van der Waals surface area contributed by atoms with Gasteiger partial charge >= 0.3 is 0 Å². The van der Waals surface area contributed by atoms with Gasteiger partial charge in [-0.3, -0.25) is 19.5 Å². The number of anilines is 1. The first-order chi connectivity index (χ1) is 13.1. The lowest BCUT2D eigenvalue weighted by Gasteiger charge is -2.13. The van der Waals surface area contributed by atoms with E-state index >= 15 is 0 Å². The van der Waals surface area contributed by atoms with Crippen molar-refractivity contribution in [1.82, 2.24) is 4.90 Å². The Hall–Kier alpha value is -2.80. The van der Waals surface area contributed by atoms with Crippen molar-refractivity contribution in [2.24, 2.45) is 4.99 Å². The molecule has 1 saturated heterocycles. The molecule has 1 fully saturated rings. The summed E-state index contributed by atoms with van der Waals surface area (Å²) in [4.78, 5) is 29.9. The SMILES string of the molecule is COc1ccc(CN=C(Nc2ccccc2)S[C@@H]2CC(=O)N(C)C2=O)cc1. The number of likely N-dealkylation sites (tertiary alicyclic amines) is 1. The van der Waals surface area contributed by atoms with Crippen molar-refractivity contribution >= 4 is 34.4 Å². The van der Waals surface area contributed by atoms with Gasteiger partial charge in [0, 0.05) is 19.2 Å². The summed E-state index contributed by atoms with van der Waals surface area (Å²) in [6, 6.07) is 17.3. The Balaban J connectivity index is 1.76. The van der Waals surface area contributed by atoms with Crippen LogP contribution in [0.25, 0.3) is 0 Å². The fourth-order valence-electron chi connectivity index (χ4n) is 2.59. The van der Waals surface area contributed by atoms with Crippen LogP contribution in [0.1, 0.15) is 12.0 Å².